The average molecular weight is 424 g/mol. The minimum absolute atomic E-state index is 0.0318. The van der Waals surface area contributed by atoms with E-state index in [4.69, 9.17) is 4.74 Å². The van der Waals surface area contributed by atoms with Crippen LogP contribution < -0.4 is 15.4 Å². The van der Waals surface area contributed by atoms with E-state index in [1.807, 2.05) is 0 Å². The molecule has 3 saturated carbocycles. The van der Waals surface area contributed by atoms with Crippen LogP contribution in [0.15, 0.2) is 30.6 Å². The molecule has 2 N–H and O–H groups in total. The summed E-state index contributed by atoms with van der Waals surface area (Å²) in [5.74, 6) is -3.00. The Morgan fingerprint density at radius 3 is 2.33 bits per heavy atom. The lowest BCUT2D eigenvalue weighted by atomic mass is 9.44. The van der Waals surface area contributed by atoms with Gasteiger partial charge in [-0.2, -0.15) is 0 Å². The number of amides is 2. The van der Waals surface area contributed by atoms with E-state index in [1.165, 1.54) is 6.07 Å². The fourth-order valence-corrected chi connectivity index (χ4v) is 3.97. The molecule has 3 fully saturated rings. The lowest BCUT2D eigenvalue weighted by Crippen LogP contribution is -2.84. The number of carbonyl (C=O) groups is 2. The molecule has 0 aliphatic heterocycles. The van der Waals surface area contributed by atoms with E-state index in [0.717, 1.165) is 24.5 Å². The minimum atomic E-state index is -2.76. The summed E-state index contributed by atoms with van der Waals surface area (Å²) in [4.78, 5) is 31.5. The summed E-state index contributed by atoms with van der Waals surface area (Å²) in [6.07, 6.45) is 0.606. The number of benzene rings is 1. The maximum atomic E-state index is 13.1. The third-order valence-electron chi connectivity index (χ3n) is 5.20. The molecule has 5 rings (SSSR count). The van der Waals surface area contributed by atoms with Crippen molar-refractivity contribution < 1.29 is 31.9 Å². The van der Waals surface area contributed by atoms with Gasteiger partial charge < -0.3 is 15.4 Å². The highest BCUT2D eigenvalue weighted by molar-refractivity contribution is 5.93. The molecule has 1 aromatic heterocycles. The lowest BCUT2D eigenvalue weighted by molar-refractivity contribution is -0.141. The normalized spacial score (nSPS) is 23.9. The number of nitrogens with zero attached hydrogens (tertiary/aromatic N) is 2. The van der Waals surface area contributed by atoms with Crippen molar-refractivity contribution >= 4 is 11.8 Å². The Morgan fingerprint density at radius 1 is 1.03 bits per heavy atom. The van der Waals surface area contributed by atoms with Crippen molar-refractivity contribution in [2.75, 3.05) is 6.61 Å². The van der Waals surface area contributed by atoms with Crippen molar-refractivity contribution in [3.8, 4) is 5.75 Å². The monoisotopic (exact) mass is 424 g/mol. The number of halogens is 4. The van der Waals surface area contributed by atoms with Gasteiger partial charge in [-0.3, -0.25) is 14.6 Å². The van der Waals surface area contributed by atoms with Crippen molar-refractivity contribution in [2.24, 2.45) is 0 Å². The summed E-state index contributed by atoms with van der Waals surface area (Å²) in [6, 6.07) is 2.97. The largest absolute Gasteiger partial charge is 0.484 e. The van der Waals surface area contributed by atoms with E-state index in [2.05, 4.69) is 20.6 Å². The summed E-state index contributed by atoms with van der Waals surface area (Å²) in [7, 11) is 0. The number of carbonyl (C=O) groups excluding carboxylic acids is 2. The van der Waals surface area contributed by atoms with Crippen LogP contribution in [-0.4, -0.2) is 39.5 Å². The molecule has 2 aromatic rings. The third kappa shape index (κ3) is 3.79. The van der Waals surface area contributed by atoms with Crippen LogP contribution in [0.2, 0.25) is 0 Å². The Bertz CT molecular complexity index is 980. The van der Waals surface area contributed by atoms with Crippen molar-refractivity contribution in [3.63, 3.8) is 0 Å². The van der Waals surface area contributed by atoms with Crippen LogP contribution in [0.5, 0.6) is 5.75 Å². The second kappa shape index (κ2) is 7.22. The van der Waals surface area contributed by atoms with E-state index in [0.29, 0.717) is 19.3 Å². The summed E-state index contributed by atoms with van der Waals surface area (Å²) in [5.41, 5.74) is -1.51. The first-order chi connectivity index (χ1) is 14.2. The zero-order valence-corrected chi connectivity index (χ0v) is 15.4. The van der Waals surface area contributed by atoms with Crippen LogP contribution in [0, 0.1) is 11.6 Å². The molecule has 0 spiro atoms. The predicted molar refractivity (Wildman–Crippen MR) is 93.8 cm³/mol. The fourth-order valence-electron chi connectivity index (χ4n) is 3.97. The molecule has 0 radical (unpaired) electrons. The number of hydrogen-bond donors (Lipinski definition) is 2. The number of aromatic nitrogens is 2. The van der Waals surface area contributed by atoms with Gasteiger partial charge in [-0.15, -0.1) is 0 Å². The average Bonchev–Trinajstić information content (AvgIpc) is 2.66. The lowest BCUT2D eigenvalue weighted by Gasteiger charge is -2.70. The highest BCUT2D eigenvalue weighted by atomic mass is 19.3. The van der Waals surface area contributed by atoms with Crippen LogP contribution >= 0.6 is 0 Å². The van der Waals surface area contributed by atoms with E-state index in [9.17, 15) is 27.2 Å². The second-order valence-electron chi connectivity index (χ2n) is 7.59. The predicted octanol–water partition coefficient (Wildman–Crippen LogP) is 2.29. The first-order valence-electron chi connectivity index (χ1n) is 9.01. The van der Waals surface area contributed by atoms with Crippen LogP contribution in [0.25, 0.3) is 0 Å². The molecule has 158 valence electrons. The number of hydrogen-bond acceptors (Lipinski definition) is 5. The maximum absolute atomic E-state index is 13.1. The Kier molecular flexibility index (Phi) is 4.83. The van der Waals surface area contributed by atoms with Gasteiger partial charge in [0, 0.05) is 17.1 Å². The molecule has 2 amide bonds. The maximum Gasteiger partial charge on any atom is 0.281 e. The van der Waals surface area contributed by atoms with Crippen molar-refractivity contribution in [1.29, 1.82) is 0 Å². The molecule has 30 heavy (non-hydrogen) atoms. The van der Waals surface area contributed by atoms with Gasteiger partial charge in [0.2, 0.25) is 0 Å². The standard InChI is InChI=1S/C19H16F4N4O3/c20-11-2-1-10(3-12(11)21)30-6-15(28)26-18-7-19(8-18,9-18)27-17(29)14-5-24-13(4-25-14)16(22)23/h1-5,16H,6-9H2,(H,26,28)(H,27,29). The van der Waals surface area contributed by atoms with Gasteiger partial charge in [0.05, 0.1) is 12.4 Å². The zero-order valence-electron chi connectivity index (χ0n) is 15.4. The molecule has 3 aliphatic carbocycles. The molecule has 3 aliphatic rings. The Hall–Kier alpha value is -3.24. The Labute approximate surface area is 167 Å². The molecule has 0 unspecified atom stereocenters. The quantitative estimate of drug-likeness (QED) is 0.666. The van der Waals surface area contributed by atoms with Gasteiger partial charge in [-0.05, 0) is 31.4 Å². The van der Waals surface area contributed by atoms with E-state index < -0.39 is 46.6 Å². The minimum Gasteiger partial charge on any atom is -0.484 e. The number of alkyl halides is 2. The van der Waals surface area contributed by atoms with E-state index in [-0.39, 0.29) is 18.1 Å². The molecule has 0 atom stereocenters. The first-order valence-corrected chi connectivity index (χ1v) is 9.01. The van der Waals surface area contributed by atoms with Gasteiger partial charge in [-0.25, -0.2) is 22.5 Å². The van der Waals surface area contributed by atoms with Gasteiger partial charge >= 0.3 is 0 Å². The zero-order chi connectivity index (χ0) is 21.5. The van der Waals surface area contributed by atoms with Gasteiger partial charge in [0.15, 0.2) is 18.2 Å². The van der Waals surface area contributed by atoms with Crippen LogP contribution in [0.1, 0.15) is 41.9 Å². The summed E-state index contributed by atoms with van der Waals surface area (Å²) in [6.45, 7) is -0.363. The van der Waals surface area contributed by atoms with Crippen molar-refractivity contribution in [3.05, 3.63) is 53.6 Å². The van der Waals surface area contributed by atoms with Gasteiger partial charge in [-0.1, -0.05) is 0 Å². The van der Waals surface area contributed by atoms with E-state index >= 15 is 0 Å². The number of rotatable bonds is 7. The highest BCUT2D eigenvalue weighted by Crippen LogP contribution is 2.60. The third-order valence-corrected chi connectivity index (χ3v) is 5.20. The van der Waals surface area contributed by atoms with E-state index in [1.54, 1.807) is 0 Å². The van der Waals surface area contributed by atoms with Gasteiger partial charge in [0.1, 0.15) is 17.1 Å². The number of ether oxygens (including phenoxy) is 1. The Balaban J connectivity index is 1.23. The van der Waals surface area contributed by atoms with Crippen LogP contribution in [0.4, 0.5) is 17.6 Å². The molecule has 1 heterocycles. The first kappa shape index (κ1) is 20.0. The molecule has 2 bridgehead atoms. The molecule has 11 heteroatoms. The summed E-state index contributed by atoms with van der Waals surface area (Å²) in [5, 5.41) is 5.62. The number of nitrogens with one attached hydrogen (secondary N) is 2. The highest BCUT2D eigenvalue weighted by Gasteiger charge is 2.69. The Morgan fingerprint density at radius 2 is 1.73 bits per heavy atom. The fraction of sp³-hybridized carbons (Fsp3) is 0.368. The topological polar surface area (TPSA) is 93.2 Å². The smallest absolute Gasteiger partial charge is 0.281 e. The van der Waals surface area contributed by atoms with Crippen LogP contribution in [0.3, 0.4) is 0 Å². The van der Waals surface area contributed by atoms with Crippen molar-refractivity contribution in [1.82, 2.24) is 20.6 Å². The SMILES string of the molecule is O=C(COc1ccc(F)c(F)c1)NC12CC(NC(=O)c3cnc(C(F)F)cn3)(C1)C2. The summed E-state index contributed by atoms with van der Waals surface area (Å²) >= 11 is 0. The summed E-state index contributed by atoms with van der Waals surface area (Å²) < 4.78 is 56.2. The molecule has 7 nitrogen and oxygen atoms in total. The molecule has 0 saturated heterocycles. The van der Waals surface area contributed by atoms with Gasteiger partial charge in [0.25, 0.3) is 18.2 Å². The van der Waals surface area contributed by atoms with Crippen LogP contribution in [-0.2, 0) is 4.79 Å². The molecular formula is C19H16F4N4O3. The second-order valence-corrected chi connectivity index (χ2v) is 7.59. The molecular weight excluding hydrogens is 408 g/mol. The molecule has 1 aromatic carbocycles. The van der Waals surface area contributed by atoms with Crippen molar-refractivity contribution in [2.45, 2.75) is 36.8 Å².